The zero-order valence-corrected chi connectivity index (χ0v) is 9.87. The van der Waals surface area contributed by atoms with Gasteiger partial charge in [0.05, 0.1) is 11.4 Å². The fourth-order valence-electron chi connectivity index (χ4n) is 0.955. The van der Waals surface area contributed by atoms with Crippen molar-refractivity contribution in [2.45, 2.75) is 38.1 Å². The van der Waals surface area contributed by atoms with Crippen LogP contribution in [0.25, 0.3) is 0 Å². The third kappa shape index (κ3) is 5.26. The predicted octanol–water partition coefficient (Wildman–Crippen LogP) is 1.72. The van der Waals surface area contributed by atoms with Gasteiger partial charge in [0.25, 0.3) is 0 Å². The van der Waals surface area contributed by atoms with Crippen LogP contribution in [0.3, 0.4) is 0 Å². The molecule has 0 amide bonds. The van der Waals surface area contributed by atoms with E-state index in [0.29, 0.717) is 12.5 Å². The lowest BCUT2D eigenvalue weighted by atomic mass is 10.1. The van der Waals surface area contributed by atoms with E-state index in [2.05, 4.69) is 20.7 Å². The molecule has 4 heteroatoms. The summed E-state index contributed by atoms with van der Waals surface area (Å²) in [6.45, 7) is 6.09. The van der Waals surface area contributed by atoms with Crippen molar-refractivity contribution >= 4 is 21.9 Å². The van der Waals surface area contributed by atoms with Gasteiger partial charge in [-0.2, -0.15) is 0 Å². The number of halogens is 1. The number of alkyl halides is 1. The molecule has 0 aliphatic rings. The number of rotatable bonds is 5. The Hall–Kier alpha value is -0.0900. The molecule has 1 N–H and O–H groups in total. The van der Waals surface area contributed by atoms with Crippen molar-refractivity contribution in [1.29, 1.82) is 0 Å². The normalized spacial score (nSPS) is 15.5. The molecule has 0 fully saturated rings. The summed E-state index contributed by atoms with van der Waals surface area (Å²) in [6, 6.07) is 0. The Morgan fingerprint density at radius 3 is 2.46 bits per heavy atom. The van der Waals surface area contributed by atoms with Gasteiger partial charge in [-0.15, -0.1) is 0 Å². The first-order chi connectivity index (χ1) is 5.99. The lowest BCUT2D eigenvalue weighted by Crippen LogP contribution is -2.32. The minimum absolute atomic E-state index is 0.216. The van der Waals surface area contributed by atoms with E-state index in [1.807, 2.05) is 13.8 Å². The van der Waals surface area contributed by atoms with Gasteiger partial charge in [-0.05, 0) is 19.3 Å². The average Bonchev–Trinajstić information content (AvgIpc) is 2.02. The fourth-order valence-corrected chi connectivity index (χ4v) is 1.92. The summed E-state index contributed by atoms with van der Waals surface area (Å²) in [5.74, 6) is -0.113. The lowest BCUT2D eigenvalue weighted by molar-refractivity contribution is -0.152. The van der Waals surface area contributed by atoms with Crippen LogP contribution < -0.4 is 0 Å². The van der Waals surface area contributed by atoms with Gasteiger partial charge in [0.15, 0.2) is 6.10 Å². The molecule has 0 saturated carbocycles. The third-order valence-electron chi connectivity index (χ3n) is 1.57. The first-order valence-electron chi connectivity index (χ1n) is 4.47. The molecular weight excluding hydrogens is 236 g/mol. The van der Waals surface area contributed by atoms with E-state index in [9.17, 15) is 9.90 Å². The number of aliphatic hydroxyl groups is 1. The van der Waals surface area contributed by atoms with Crippen LogP contribution in [0.1, 0.15) is 27.2 Å². The van der Waals surface area contributed by atoms with Crippen molar-refractivity contribution in [1.82, 2.24) is 0 Å². The van der Waals surface area contributed by atoms with Crippen molar-refractivity contribution in [3.05, 3.63) is 0 Å². The van der Waals surface area contributed by atoms with Crippen LogP contribution in [0.5, 0.6) is 0 Å². The van der Waals surface area contributed by atoms with Gasteiger partial charge in [0, 0.05) is 0 Å². The summed E-state index contributed by atoms with van der Waals surface area (Å²) in [6.07, 6.45) is -0.303. The van der Waals surface area contributed by atoms with Crippen LogP contribution in [-0.4, -0.2) is 28.6 Å². The van der Waals surface area contributed by atoms with E-state index < -0.39 is 12.1 Å². The van der Waals surface area contributed by atoms with E-state index in [1.165, 1.54) is 0 Å². The van der Waals surface area contributed by atoms with Gasteiger partial charge in [-0.3, -0.25) is 0 Å². The van der Waals surface area contributed by atoms with Crippen LogP contribution in [0.4, 0.5) is 0 Å². The maximum Gasteiger partial charge on any atom is 0.336 e. The Balaban J connectivity index is 3.93. The number of hydrogen-bond donors (Lipinski definition) is 1. The van der Waals surface area contributed by atoms with Crippen molar-refractivity contribution in [3.63, 3.8) is 0 Å². The molecule has 2 atom stereocenters. The zero-order chi connectivity index (χ0) is 10.4. The topological polar surface area (TPSA) is 46.5 Å². The molecule has 0 radical (unpaired) electrons. The standard InChI is InChI=1S/C9H17BrO3/c1-4-13-9(12)8(11)7(10)5-6(2)3/h6-8,11H,4-5H2,1-3H3/t7-,8+/m0/s1. The highest BCUT2D eigenvalue weighted by molar-refractivity contribution is 9.09. The van der Waals surface area contributed by atoms with Gasteiger partial charge >= 0.3 is 5.97 Å². The van der Waals surface area contributed by atoms with Crippen LogP contribution in [0.15, 0.2) is 0 Å². The Kier molecular flexibility index (Phi) is 6.33. The van der Waals surface area contributed by atoms with Crippen molar-refractivity contribution in [3.8, 4) is 0 Å². The lowest BCUT2D eigenvalue weighted by Gasteiger charge is -2.17. The molecule has 0 aliphatic carbocycles. The van der Waals surface area contributed by atoms with Crippen LogP contribution in [0, 0.1) is 5.92 Å². The number of esters is 1. The summed E-state index contributed by atoms with van der Waals surface area (Å²) in [5, 5.41) is 9.44. The third-order valence-corrected chi connectivity index (χ3v) is 2.44. The maximum atomic E-state index is 11.1. The highest BCUT2D eigenvalue weighted by Gasteiger charge is 2.25. The minimum Gasteiger partial charge on any atom is -0.464 e. The Bertz CT molecular complexity index is 159. The van der Waals surface area contributed by atoms with E-state index in [-0.39, 0.29) is 4.83 Å². The highest BCUT2D eigenvalue weighted by Crippen LogP contribution is 2.17. The summed E-state index contributed by atoms with van der Waals surface area (Å²) in [7, 11) is 0. The molecule has 0 saturated heterocycles. The van der Waals surface area contributed by atoms with Gasteiger partial charge in [0.1, 0.15) is 0 Å². The molecule has 0 rings (SSSR count). The fraction of sp³-hybridized carbons (Fsp3) is 0.889. The van der Waals surface area contributed by atoms with Crippen LogP contribution in [0.2, 0.25) is 0 Å². The molecule has 0 spiro atoms. The molecule has 78 valence electrons. The van der Waals surface area contributed by atoms with E-state index in [0.717, 1.165) is 6.42 Å². The molecular formula is C9H17BrO3. The molecule has 0 aromatic rings. The first-order valence-corrected chi connectivity index (χ1v) is 5.39. The van der Waals surface area contributed by atoms with Gasteiger partial charge in [-0.25, -0.2) is 4.79 Å². The number of aliphatic hydroxyl groups excluding tert-OH is 1. The van der Waals surface area contributed by atoms with E-state index in [1.54, 1.807) is 6.92 Å². The Morgan fingerprint density at radius 2 is 2.08 bits per heavy atom. The highest BCUT2D eigenvalue weighted by atomic mass is 79.9. The molecule has 0 unspecified atom stereocenters. The van der Waals surface area contributed by atoms with Crippen molar-refractivity contribution in [2.75, 3.05) is 6.61 Å². The zero-order valence-electron chi connectivity index (χ0n) is 8.29. The summed E-state index contributed by atoms with van der Waals surface area (Å²) < 4.78 is 4.69. The molecule has 0 aliphatic heterocycles. The number of ether oxygens (including phenoxy) is 1. The second-order valence-corrected chi connectivity index (χ2v) is 4.52. The monoisotopic (exact) mass is 252 g/mol. The van der Waals surface area contributed by atoms with Gasteiger partial charge < -0.3 is 9.84 Å². The minimum atomic E-state index is -1.05. The molecule has 0 bridgehead atoms. The first kappa shape index (κ1) is 12.9. The van der Waals surface area contributed by atoms with Crippen LogP contribution >= 0.6 is 15.9 Å². The second-order valence-electron chi connectivity index (χ2n) is 3.34. The average molecular weight is 253 g/mol. The summed E-state index contributed by atoms with van der Waals surface area (Å²) in [4.78, 5) is 10.8. The Morgan fingerprint density at radius 1 is 1.54 bits per heavy atom. The predicted molar refractivity (Wildman–Crippen MR) is 54.8 cm³/mol. The van der Waals surface area contributed by atoms with Gasteiger partial charge in [0.2, 0.25) is 0 Å². The molecule has 0 aromatic heterocycles. The van der Waals surface area contributed by atoms with Crippen molar-refractivity contribution < 1.29 is 14.6 Å². The molecule has 0 heterocycles. The SMILES string of the molecule is CCOC(=O)[C@H](O)[C@@H](Br)CC(C)C. The number of carbonyl (C=O) groups is 1. The smallest absolute Gasteiger partial charge is 0.336 e. The summed E-state index contributed by atoms with van der Waals surface area (Å²) in [5.41, 5.74) is 0. The molecule has 0 aromatic carbocycles. The summed E-state index contributed by atoms with van der Waals surface area (Å²) >= 11 is 3.26. The van der Waals surface area contributed by atoms with Crippen LogP contribution in [-0.2, 0) is 9.53 Å². The largest absolute Gasteiger partial charge is 0.464 e. The quantitative estimate of drug-likeness (QED) is 0.599. The maximum absolute atomic E-state index is 11.1. The molecule has 13 heavy (non-hydrogen) atoms. The Labute approximate surface area is 87.6 Å². The van der Waals surface area contributed by atoms with E-state index >= 15 is 0 Å². The van der Waals surface area contributed by atoms with E-state index in [4.69, 9.17) is 0 Å². The number of hydrogen-bond acceptors (Lipinski definition) is 3. The molecule has 3 nitrogen and oxygen atoms in total. The second kappa shape index (κ2) is 6.38. The van der Waals surface area contributed by atoms with Gasteiger partial charge in [-0.1, -0.05) is 29.8 Å². The van der Waals surface area contributed by atoms with Crippen molar-refractivity contribution in [2.24, 2.45) is 5.92 Å². The number of carbonyl (C=O) groups excluding carboxylic acids is 1.